The van der Waals surface area contributed by atoms with Crippen molar-refractivity contribution in [3.63, 3.8) is 0 Å². The lowest BCUT2D eigenvalue weighted by Crippen LogP contribution is -2.38. The van der Waals surface area contributed by atoms with Crippen LogP contribution in [0.1, 0.15) is 12.0 Å². The van der Waals surface area contributed by atoms with Crippen molar-refractivity contribution >= 4 is 5.88 Å². The van der Waals surface area contributed by atoms with E-state index in [-0.39, 0.29) is 13.2 Å². The van der Waals surface area contributed by atoms with Crippen molar-refractivity contribution in [3.8, 4) is 23.6 Å². The number of anilines is 1. The number of ether oxygens (including phenoxy) is 3. The van der Waals surface area contributed by atoms with Crippen LogP contribution in [0.5, 0.6) is 0 Å². The van der Waals surface area contributed by atoms with E-state index in [0.717, 1.165) is 48.8 Å². The molecule has 1 atom stereocenters. The third kappa shape index (κ3) is 7.05. The molecule has 0 spiro atoms. The average molecular weight is 444 g/mol. The van der Waals surface area contributed by atoms with Gasteiger partial charge in [0.2, 0.25) is 5.88 Å². The number of morpholine rings is 1. The van der Waals surface area contributed by atoms with E-state index in [4.69, 9.17) is 25.2 Å². The highest BCUT2D eigenvalue weighted by molar-refractivity contribution is 5.68. The number of hydrogen-bond donors (Lipinski definition) is 1. The van der Waals surface area contributed by atoms with Gasteiger partial charge in [0.25, 0.3) is 0 Å². The fourth-order valence-corrected chi connectivity index (χ4v) is 3.78. The molecule has 0 aliphatic carbocycles. The number of hydrogen-bond acceptors (Lipinski definition) is 8. The van der Waals surface area contributed by atoms with E-state index in [1.165, 1.54) is 0 Å². The minimum atomic E-state index is -0.655. The van der Waals surface area contributed by atoms with Crippen LogP contribution in [-0.4, -0.2) is 87.6 Å². The highest BCUT2D eigenvalue weighted by Crippen LogP contribution is 2.33. The van der Waals surface area contributed by atoms with Crippen LogP contribution in [0.2, 0.25) is 0 Å². The normalized spacial score (nSPS) is 15.1. The van der Waals surface area contributed by atoms with Crippen LogP contribution < -0.4 is 4.90 Å². The SMILES string of the molecule is C#CCOC[C@@H](O)CN(CCCOC)Cc1c(-c2ccccc2)noc1N1CCOCC1. The second kappa shape index (κ2) is 13.2. The van der Waals surface area contributed by atoms with Gasteiger partial charge in [-0.1, -0.05) is 41.4 Å². The summed E-state index contributed by atoms with van der Waals surface area (Å²) in [6, 6.07) is 10.0. The molecule has 1 aromatic carbocycles. The molecule has 2 heterocycles. The van der Waals surface area contributed by atoms with Crippen LogP contribution in [0.25, 0.3) is 11.3 Å². The van der Waals surface area contributed by atoms with Crippen molar-refractivity contribution in [1.82, 2.24) is 10.1 Å². The van der Waals surface area contributed by atoms with E-state index in [0.29, 0.717) is 32.9 Å². The molecule has 1 fully saturated rings. The summed E-state index contributed by atoms with van der Waals surface area (Å²) >= 11 is 0. The first-order valence-electron chi connectivity index (χ1n) is 11.0. The zero-order valence-electron chi connectivity index (χ0n) is 18.7. The fourth-order valence-electron chi connectivity index (χ4n) is 3.78. The van der Waals surface area contributed by atoms with Gasteiger partial charge in [0.15, 0.2) is 0 Å². The summed E-state index contributed by atoms with van der Waals surface area (Å²) in [7, 11) is 1.69. The first-order chi connectivity index (χ1) is 15.7. The minimum Gasteiger partial charge on any atom is -0.389 e. The van der Waals surface area contributed by atoms with Gasteiger partial charge in [-0.15, -0.1) is 6.42 Å². The Bertz CT molecular complexity index is 830. The number of benzene rings is 1. The highest BCUT2D eigenvalue weighted by atomic mass is 16.5. The molecular weight excluding hydrogens is 410 g/mol. The smallest absolute Gasteiger partial charge is 0.232 e. The zero-order chi connectivity index (χ0) is 22.6. The van der Waals surface area contributed by atoms with Gasteiger partial charge in [0, 0.05) is 52.0 Å². The Labute approximate surface area is 190 Å². The Balaban J connectivity index is 1.83. The lowest BCUT2D eigenvalue weighted by atomic mass is 10.1. The Morgan fingerprint density at radius 3 is 2.78 bits per heavy atom. The van der Waals surface area contributed by atoms with Gasteiger partial charge in [-0.3, -0.25) is 4.90 Å². The van der Waals surface area contributed by atoms with Crippen LogP contribution in [0.3, 0.4) is 0 Å². The summed E-state index contributed by atoms with van der Waals surface area (Å²) in [6.45, 7) is 5.61. The average Bonchev–Trinajstić information content (AvgIpc) is 3.24. The van der Waals surface area contributed by atoms with Gasteiger partial charge >= 0.3 is 0 Å². The number of terminal acetylenes is 1. The Morgan fingerprint density at radius 2 is 2.06 bits per heavy atom. The first kappa shape index (κ1) is 24.2. The maximum atomic E-state index is 10.5. The van der Waals surface area contributed by atoms with E-state index in [1.807, 2.05) is 30.3 Å². The maximum Gasteiger partial charge on any atom is 0.232 e. The maximum absolute atomic E-state index is 10.5. The molecule has 1 aliphatic heterocycles. The number of methoxy groups -OCH3 is 1. The fraction of sp³-hybridized carbons (Fsp3) is 0.542. The van der Waals surface area contributed by atoms with Gasteiger partial charge in [-0.2, -0.15) is 0 Å². The topological polar surface area (TPSA) is 80.4 Å². The number of aromatic nitrogens is 1. The molecule has 8 heteroatoms. The van der Waals surface area contributed by atoms with Gasteiger partial charge in [-0.25, -0.2) is 0 Å². The molecule has 8 nitrogen and oxygen atoms in total. The highest BCUT2D eigenvalue weighted by Gasteiger charge is 2.26. The van der Waals surface area contributed by atoms with Crippen LogP contribution in [0.15, 0.2) is 34.9 Å². The molecular formula is C24H33N3O5. The molecule has 1 aromatic heterocycles. The summed E-state index contributed by atoms with van der Waals surface area (Å²) in [4.78, 5) is 4.36. The second-order valence-electron chi connectivity index (χ2n) is 7.73. The monoisotopic (exact) mass is 443 g/mol. The van der Waals surface area contributed by atoms with Crippen molar-refractivity contribution in [2.45, 2.75) is 19.1 Å². The van der Waals surface area contributed by atoms with Gasteiger partial charge in [-0.05, 0) is 6.42 Å². The standard InChI is InChI=1S/C24H33N3O5/c1-3-13-31-19-21(28)17-26(10-7-14-29-2)18-22-23(20-8-5-4-6-9-20)25-32-24(22)27-11-15-30-16-12-27/h1,4-6,8-9,21,28H,7,10-19H2,2H3/t21-/m0/s1. The number of rotatable bonds is 13. The van der Waals surface area contributed by atoms with Crippen molar-refractivity contribution in [2.75, 3.05) is 71.2 Å². The summed E-state index contributed by atoms with van der Waals surface area (Å²) < 4.78 is 21.9. The summed E-state index contributed by atoms with van der Waals surface area (Å²) in [5.74, 6) is 3.19. The summed E-state index contributed by atoms with van der Waals surface area (Å²) in [6.07, 6.45) is 5.42. The predicted octanol–water partition coefficient (Wildman–Crippen LogP) is 2.03. The largest absolute Gasteiger partial charge is 0.389 e. The van der Waals surface area contributed by atoms with E-state index in [1.54, 1.807) is 7.11 Å². The molecule has 1 N–H and O–H groups in total. The lowest BCUT2D eigenvalue weighted by molar-refractivity contribution is 0.0244. The Kier molecular flexibility index (Phi) is 10.0. The Hall–Kier alpha value is -2.41. The van der Waals surface area contributed by atoms with Crippen LogP contribution in [0, 0.1) is 12.3 Å². The third-order valence-electron chi connectivity index (χ3n) is 5.28. The molecule has 0 amide bonds. The van der Waals surface area contributed by atoms with Crippen molar-refractivity contribution in [1.29, 1.82) is 0 Å². The molecule has 1 saturated heterocycles. The van der Waals surface area contributed by atoms with Crippen LogP contribution >= 0.6 is 0 Å². The van der Waals surface area contributed by atoms with E-state index < -0.39 is 6.10 Å². The van der Waals surface area contributed by atoms with Gasteiger partial charge < -0.3 is 28.7 Å². The molecule has 3 rings (SSSR count). The quantitative estimate of drug-likeness (QED) is 0.372. The first-order valence-corrected chi connectivity index (χ1v) is 11.0. The van der Waals surface area contributed by atoms with Gasteiger partial charge in [0.05, 0.1) is 31.5 Å². The molecule has 32 heavy (non-hydrogen) atoms. The molecule has 0 bridgehead atoms. The van der Waals surface area contributed by atoms with E-state index in [9.17, 15) is 5.11 Å². The van der Waals surface area contributed by atoms with Gasteiger partial charge in [0.1, 0.15) is 12.3 Å². The van der Waals surface area contributed by atoms with Crippen molar-refractivity contribution in [3.05, 3.63) is 35.9 Å². The molecule has 1 aliphatic rings. The third-order valence-corrected chi connectivity index (χ3v) is 5.28. The number of nitrogens with zero attached hydrogens (tertiary/aromatic N) is 3. The molecule has 0 unspecified atom stereocenters. The number of aliphatic hydroxyl groups is 1. The molecule has 0 saturated carbocycles. The minimum absolute atomic E-state index is 0.186. The van der Waals surface area contributed by atoms with Crippen LogP contribution in [0.4, 0.5) is 5.88 Å². The molecule has 0 radical (unpaired) electrons. The molecule has 2 aromatic rings. The zero-order valence-corrected chi connectivity index (χ0v) is 18.7. The second-order valence-corrected chi connectivity index (χ2v) is 7.73. The summed E-state index contributed by atoms with van der Waals surface area (Å²) in [5, 5.41) is 14.9. The summed E-state index contributed by atoms with van der Waals surface area (Å²) in [5.41, 5.74) is 2.83. The van der Waals surface area contributed by atoms with Crippen LogP contribution in [-0.2, 0) is 20.8 Å². The Morgan fingerprint density at radius 1 is 1.28 bits per heavy atom. The molecule has 174 valence electrons. The van der Waals surface area contributed by atoms with E-state index >= 15 is 0 Å². The predicted molar refractivity (Wildman–Crippen MR) is 122 cm³/mol. The van der Waals surface area contributed by atoms with E-state index in [2.05, 4.69) is 20.9 Å². The lowest BCUT2D eigenvalue weighted by Gasteiger charge is -2.29. The number of aliphatic hydroxyl groups excluding tert-OH is 1. The van der Waals surface area contributed by atoms with Crippen molar-refractivity contribution < 1.29 is 23.8 Å². The van der Waals surface area contributed by atoms with Crippen molar-refractivity contribution in [2.24, 2.45) is 0 Å².